The third-order valence-corrected chi connectivity index (χ3v) is 4.40. The zero-order valence-corrected chi connectivity index (χ0v) is 13.7. The van der Waals surface area contributed by atoms with Crippen molar-refractivity contribution in [2.24, 2.45) is 5.73 Å². The summed E-state index contributed by atoms with van der Waals surface area (Å²) in [6.07, 6.45) is 2.50. The lowest BCUT2D eigenvalue weighted by atomic mass is 9.89. The molecule has 2 aromatic rings. The Balaban J connectivity index is 2.00. The van der Waals surface area contributed by atoms with Crippen LogP contribution in [0.15, 0.2) is 30.5 Å². The Bertz CT molecular complexity index is 769. The minimum absolute atomic E-state index is 0.206. The SMILES string of the molecule is NC/C=C1\CC(F)(F)Cc2cnn(Cc3ccc(Cl)cc3Cl)c21. The van der Waals surface area contributed by atoms with Crippen molar-refractivity contribution in [3.63, 3.8) is 0 Å². The molecule has 2 N–H and O–H groups in total. The molecule has 0 atom stereocenters. The highest BCUT2D eigenvalue weighted by Crippen LogP contribution is 2.40. The third kappa shape index (κ3) is 3.42. The molecule has 0 aliphatic heterocycles. The van der Waals surface area contributed by atoms with Gasteiger partial charge in [0.15, 0.2) is 0 Å². The number of nitrogens with two attached hydrogens (primary N) is 1. The van der Waals surface area contributed by atoms with E-state index in [0.717, 1.165) is 5.56 Å². The number of aromatic nitrogens is 2. The highest BCUT2D eigenvalue weighted by molar-refractivity contribution is 6.35. The summed E-state index contributed by atoms with van der Waals surface area (Å²) < 4.78 is 29.4. The summed E-state index contributed by atoms with van der Waals surface area (Å²) in [5.74, 6) is -2.76. The molecule has 23 heavy (non-hydrogen) atoms. The van der Waals surface area contributed by atoms with Crippen LogP contribution in [0.3, 0.4) is 0 Å². The maximum absolute atomic E-state index is 13.8. The van der Waals surface area contributed by atoms with Gasteiger partial charge in [-0.15, -0.1) is 0 Å². The Morgan fingerprint density at radius 3 is 2.78 bits per heavy atom. The molecule has 3 rings (SSSR count). The van der Waals surface area contributed by atoms with Gasteiger partial charge in [0, 0.05) is 35.0 Å². The lowest BCUT2D eigenvalue weighted by molar-refractivity contribution is 0.00420. The van der Waals surface area contributed by atoms with Crippen LogP contribution in [0.2, 0.25) is 10.0 Å². The van der Waals surface area contributed by atoms with Gasteiger partial charge in [0.25, 0.3) is 5.92 Å². The minimum Gasteiger partial charge on any atom is -0.327 e. The topological polar surface area (TPSA) is 43.8 Å². The molecular formula is C16H15Cl2F2N3. The fraction of sp³-hybridized carbons (Fsp3) is 0.312. The summed E-state index contributed by atoms with van der Waals surface area (Å²) in [5, 5.41) is 5.33. The Morgan fingerprint density at radius 2 is 2.09 bits per heavy atom. The van der Waals surface area contributed by atoms with Gasteiger partial charge in [0.05, 0.1) is 18.4 Å². The number of hydrogen-bond acceptors (Lipinski definition) is 2. The van der Waals surface area contributed by atoms with Crippen molar-refractivity contribution >= 4 is 28.8 Å². The molecule has 0 radical (unpaired) electrons. The molecule has 0 bridgehead atoms. The van der Waals surface area contributed by atoms with Crippen molar-refractivity contribution in [3.05, 3.63) is 57.3 Å². The van der Waals surface area contributed by atoms with E-state index in [9.17, 15) is 8.78 Å². The number of benzene rings is 1. The average Bonchev–Trinajstić information content (AvgIpc) is 2.83. The summed E-state index contributed by atoms with van der Waals surface area (Å²) >= 11 is 12.1. The Labute approximate surface area is 142 Å². The van der Waals surface area contributed by atoms with E-state index in [4.69, 9.17) is 28.9 Å². The van der Waals surface area contributed by atoms with Gasteiger partial charge in [-0.3, -0.25) is 4.68 Å². The van der Waals surface area contributed by atoms with Crippen LogP contribution in [0.5, 0.6) is 0 Å². The van der Waals surface area contributed by atoms with Gasteiger partial charge in [-0.2, -0.15) is 5.10 Å². The molecule has 3 nitrogen and oxygen atoms in total. The largest absolute Gasteiger partial charge is 0.327 e. The van der Waals surface area contributed by atoms with Crippen molar-refractivity contribution in [2.45, 2.75) is 25.3 Å². The fourth-order valence-electron chi connectivity index (χ4n) is 2.87. The number of halogens is 4. The first-order valence-electron chi connectivity index (χ1n) is 7.15. The molecule has 0 spiro atoms. The van der Waals surface area contributed by atoms with E-state index in [2.05, 4.69) is 5.10 Å². The highest BCUT2D eigenvalue weighted by atomic mass is 35.5. The molecule has 0 saturated carbocycles. The zero-order valence-electron chi connectivity index (χ0n) is 12.2. The van der Waals surface area contributed by atoms with Crippen LogP contribution in [-0.2, 0) is 13.0 Å². The minimum atomic E-state index is -2.76. The maximum atomic E-state index is 13.8. The Kier molecular flexibility index (Phi) is 4.45. The number of alkyl halides is 2. The Hall–Kier alpha value is -1.43. The highest BCUT2D eigenvalue weighted by Gasteiger charge is 2.38. The van der Waals surface area contributed by atoms with Gasteiger partial charge in [-0.05, 0) is 23.3 Å². The summed E-state index contributed by atoms with van der Waals surface area (Å²) in [7, 11) is 0. The lowest BCUT2D eigenvalue weighted by Crippen LogP contribution is -2.26. The maximum Gasteiger partial charge on any atom is 0.256 e. The molecule has 122 valence electrons. The lowest BCUT2D eigenvalue weighted by Gasteiger charge is -2.25. The number of rotatable bonds is 3. The standard InChI is InChI=1S/C16H15Cl2F2N3/c17-13-2-1-11(14(18)5-13)9-23-15-10(3-4-21)6-16(19,20)7-12(15)8-22-23/h1-3,5,8H,4,6-7,9,21H2/b10-3+. The van der Waals surface area contributed by atoms with Crippen molar-refractivity contribution < 1.29 is 8.78 Å². The smallest absolute Gasteiger partial charge is 0.256 e. The van der Waals surface area contributed by atoms with Crippen LogP contribution in [-0.4, -0.2) is 22.2 Å². The number of nitrogens with zero attached hydrogens (tertiary/aromatic N) is 2. The van der Waals surface area contributed by atoms with E-state index in [0.29, 0.717) is 33.4 Å². The molecule has 1 aromatic heterocycles. The summed E-state index contributed by atoms with van der Waals surface area (Å²) in [5.41, 5.74) is 8.13. The van der Waals surface area contributed by atoms with E-state index < -0.39 is 5.92 Å². The predicted octanol–water partition coefficient (Wildman–Crippen LogP) is 4.16. The molecule has 0 saturated heterocycles. The third-order valence-electron chi connectivity index (χ3n) is 3.82. The average molecular weight is 358 g/mol. The van der Waals surface area contributed by atoms with Gasteiger partial charge in [-0.25, -0.2) is 8.78 Å². The summed E-state index contributed by atoms with van der Waals surface area (Å²) in [6.45, 7) is 0.594. The number of hydrogen-bond donors (Lipinski definition) is 1. The second kappa shape index (κ2) is 6.23. The van der Waals surface area contributed by atoms with E-state index in [-0.39, 0.29) is 19.4 Å². The van der Waals surface area contributed by atoms with Crippen LogP contribution in [0.1, 0.15) is 23.2 Å². The van der Waals surface area contributed by atoms with Gasteiger partial charge >= 0.3 is 0 Å². The van der Waals surface area contributed by atoms with Crippen LogP contribution >= 0.6 is 23.2 Å². The molecule has 1 heterocycles. The van der Waals surface area contributed by atoms with E-state index >= 15 is 0 Å². The van der Waals surface area contributed by atoms with E-state index in [1.54, 1.807) is 22.9 Å². The first-order chi connectivity index (χ1) is 10.9. The first kappa shape index (κ1) is 16.4. The van der Waals surface area contributed by atoms with Gasteiger partial charge in [-0.1, -0.05) is 35.3 Å². The second-order valence-electron chi connectivity index (χ2n) is 5.59. The quantitative estimate of drug-likeness (QED) is 0.895. The molecule has 1 aliphatic rings. The fourth-order valence-corrected chi connectivity index (χ4v) is 3.34. The zero-order chi connectivity index (χ0) is 16.6. The molecule has 1 aliphatic carbocycles. The van der Waals surface area contributed by atoms with Crippen LogP contribution in [0.4, 0.5) is 8.78 Å². The van der Waals surface area contributed by atoms with Crippen LogP contribution < -0.4 is 5.73 Å². The molecule has 7 heteroatoms. The van der Waals surface area contributed by atoms with Crippen LogP contribution in [0, 0.1) is 0 Å². The summed E-state index contributed by atoms with van der Waals surface area (Å²) in [6, 6.07) is 5.20. The number of allylic oxidation sites excluding steroid dienone is 1. The molecule has 0 fully saturated rings. The van der Waals surface area contributed by atoms with Crippen molar-refractivity contribution in [3.8, 4) is 0 Å². The van der Waals surface area contributed by atoms with E-state index in [1.807, 2.05) is 6.07 Å². The molecule has 1 aromatic carbocycles. The predicted molar refractivity (Wildman–Crippen MR) is 88.1 cm³/mol. The van der Waals surface area contributed by atoms with Gasteiger partial charge in [0.2, 0.25) is 0 Å². The number of fused-ring (bicyclic) bond motifs is 1. The monoisotopic (exact) mass is 357 g/mol. The molecule has 0 unspecified atom stereocenters. The Morgan fingerprint density at radius 1 is 1.30 bits per heavy atom. The van der Waals surface area contributed by atoms with Crippen molar-refractivity contribution in [1.29, 1.82) is 0 Å². The van der Waals surface area contributed by atoms with E-state index in [1.165, 1.54) is 6.20 Å². The van der Waals surface area contributed by atoms with Gasteiger partial charge < -0.3 is 5.73 Å². The molecule has 0 amide bonds. The molecular weight excluding hydrogens is 343 g/mol. The first-order valence-corrected chi connectivity index (χ1v) is 7.91. The normalized spacial score (nSPS) is 18.2. The van der Waals surface area contributed by atoms with Crippen molar-refractivity contribution in [1.82, 2.24) is 9.78 Å². The van der Waals surface area contributed by atoms with Gasteiger partial charge in [0.1, 0.15) is 0 Å². The van der Waals surface area contributed by atoms with Crippen molar-refractivity contribution in [2.75, 3.05) is 6.54 Å². The van der Waals surface area contributed by atoms with Crippen LogP contribution in [0.25, 0.3) is 5.57 Å². The summed E-state index contributed by atoms with van der Waals surface area (Å²) in [4.78, 5) is 0. The second-order valence-corrected chi connectivity index (χ2v) is 6.43.